The van der Waals surface area contributed by atoms with Gasteiger partial charge in [-0.1, -0.05) is 69.5 Å². The van der Waals surface area contributed by atoms with E-state index >= 15 is 0 Å². The molecule has 0 saturated heterocycles. The fourth-order valence-electron chi connectivity index (χ4n) is 3.61. The van der Waals surface area contributed by atoms with E-state index in [-0.39, 0.29) is 0 Å². The molecule has 0 amide bonds. The van der Waals surface area contributed by atoms with Gasteiger partial charge in [-0.05, 0) is 53.0 Å². The fourth-order valence-corrected chi connectivity index (χ4v) is 3.61. The minimum atomic E-state index is 0.797. The third-order valence-corrected chi connectivity index (χ3v) is 4.95. The average molecular weight is 266 g/mol. The van der Waals surface area contributed by atoms with Gasteiger partial charge in [0.05, 0.1) is 0 Å². The van der Waals surface area contributed by atoms with Gasteiger partial charge >= 0.3 is 0 Å². The fraction of sp³-hybridized carbons (Fsp3) is 0.500. The molecule has 0 heteroatoms. The van der Waals surface area contributed by atoms with Crippen LogP contribution < -0.4 is 0 Å². The minimum Gasteiger partial charge on any atom is -0.0651 e. The van der Waals surface area contributed by atoms with E-state index in [1.165, 1.54) is 54.9 Å². The van der Waals surface area contributed by atoms with Crippen molar-refractivity contribution in [2.45, 2.75) is 58.3 Å². The molecule has 0 radical (unpaired) electrons. The molecular weight excluding hydrogens is 240 g/mol. The Kier molecular flexibility index (Phi) is 4.10. The van der Waals surface area contributed by atoms with Gasteiger partial charge in [-0.25, -0.2) is 0 Å². The molecular formula is C20H26. The smallest absolute Gasteiger partial charge is 0.0162 e. The molecule has 106 valence electrons. The van der Waals surface area contributed by atoms with E-state index < -0.39 is 0 Å². The highest BCUT2D eigenvalue weighted by Gasteiger charge is 2.19. The molecule has 0 unspecified atom stereocenters. The van der Waals surface area contributed by atoms with E-state index in [0.717, 1.165) is 11.8 Å². The number of rotatable bonds is 3. The molecule has 1 aliphatic carbocycles. The summed E-state index contributed by atoms with van der Waals surface area (Å²) in [6, 6.07) is 14.1. The maximum atomic E-state index is 2.44. The molecule has 0 N–H and O–H groups in total. The molecule has 1 aliphatic rings. The molecule has 0 heterocycles. The van der Waals surface area contributed by atoms with Crippen molar-refractivity contribution in [1.29, 1.82) is 0 Å². The Morgan fingerprint density at radius 3 is 2.35 bits per heavy atom. The predicted octanol–water partition coefficient (Wildman–Crippen LogP) is 6.09. The first-order valence-corrected chi connectivity index (χ1v) is 8.29. The van der Waals surface area contributed by atoms with E-state index in [0.29, 0.717) is 0 Å². The lowest BCUT2D eigenvalue weighted by Gasteiger charge is -2.26. The highest BCUT2D eigenvalue weighted by atomic mass is 14.2. The second kappa shape index (κ2) is 5.99. The van der Waals surface area contributed by atoms with Crippen molar-refractivity contribution in [2.24, 2.45) is 5.92 Å². The van der Waals surface area contributed by atoms with Crippen LogP contribution in [0.5, 0.6) is 0 Å². The van der Waals surface area contributed by atoms with Crippen LogP contribution in [0.25, 0.3) is 10.8 Å². The van der Waals surface area contributed by atoms with Gasteiger partial charge < -0.3 is 0 Å². The first-order chi connectivity index (χ1) is 9.76. The van der Waals surface area contributed by atoms with Crippen molar-refractivity contribution in [3.63, 3.8) is 0 Å². The summed E-state index contributed by atoms with van der Waals surface area (Å²) in [7, 11) is 0. The van der Waals surface area contributed by atoms with Gasteiger partial charge in [0.2, 0.25) is 0 Å². The molecule has 3 rings (SSSR count). The van der Waals surface area contributed by atoms with Crippen LogP contribution in [0.2, 0.25) is 0 Å². The Hall–Kier alpha value is -1.30. The van der Waals surface area contributed by atoms with Crippen LogP contribution in [-0.4, -0.2) is 0 Å². The van der Waals surface area contributed by atoms with Crippen LogP contribution in [-0.2, 0) is 6.42 Å². The van der Waals surface area contributed by atoms with E-state index in [1.54, 1.807) is 5.56 Å². The lowest BCUT2D eigenvalue weighted by Crippen LogP contribution is -2.10. The highest BCUT2D eigenvalue weighted by Crippen LogP contribution is 2.36. The molecule has 0 aliphatic heterocycles. The maximum absolute atomic E-state index is 2.44. The summed E-state index contributed by atoms with van der Waals surface area (Å²) >= 11 is 0. The van der Waals surface area contributed by atoms with E-state index in [2.05, 4.69) is 50.2 Å². The SMILES string of the molecule is CCCc1ccc2cc(C3CCC(C)CC3)ccc2c1. The number of hydrogen-bond donors (Lipinski definition) is 0. The summed E-state index contributed by atoms with van der Waals surface area (Å²) in [5.41, 5.74) is 3.03. The predicted molar refractivity (Wildman–Crippen MR) is 88.3 cm³/mol. The number of fused-ring (bicyclic) bond motifs is 1. The first kappa shape index (κ1) is 13.7. The lowest BCUT2D eigenvalue weighted by molar-refractivity contribution is 0.348. The third-order valence-electron chi connectivity index (χ3n) is 4.95. The van der Waals surface area contributed by atoms with Gasteiger partial charge in [-0.2, -0.15) is 0 Å². The zero-order chi connectivity index (χ0) is 13.9. The molecule has 20 heavy (non-hydrogen) atoms. The lowest BCUT2D eigenvalue weighted by atomic mass is 9.79. The van der Waals surface area contributed by atoms with Gasteiger partial charge in [-0.15, -0.1) is 0 Å². The summed E-state index contributed by atoms with van der Waals surface area (Å²) in [6.07, 6.45) is 7.97. The molecule has 0 bridgehead atoms. The number of aryl methyl sites for hydroxylation is 1. The first-order valence-electron chi connectivity index (χ1n) is 8.29. The minimum absolute atomic E-state index is 0.797. The van der Waals surface area contributed by atoms with Crippen molar-refractivity contribution in [1.82, 2.24) is 0 Å². The molecule has 2 aromatic carbocycles. The molecule has 0 aromatic heterocycles. The summed E-state index contributed by atoms with van der Waals surface area (Å²) in [5, 5.41) is 2.82. The van der Waals surface area contributed by atoms with Crippen molar-refractivity contribution in [3.05, 3.63) is 47.5 Å². The van der Waals surface area contributed by atoms with Crippen LogP contribution in [0.4, 0.5) is 0 Å². The zero-order valence-electron chi connectivity index (χ0n) is 12.9. The monoisotopic (exact) mass is 266 g/mol. The van der Waals surface area contributed by atoms with E-state index in [9.17, 15) is 0 Å². The van der Waals surface area contributed by atoms with E-state index in [4.69, 9.17) is 0 Å². The summed E-state index contributed by atoms with van der Waals surface area (Å²) < 4.78 is 0. The Morgan fingerprint density at radius 2 is 1.60 bits per heavy atom. The van der Waals surface area contributed by atoms with Crippen molar-refractivity contribution < 1.29 is 0 Å². The van der Waals surface area contributed by atoms with Gasteiger partial charge in [0.1, 0.15) is 0 Å². The molecule has 0 nitrogen and oxygen atoms in total. The topological polar surface area (TPSA) is 0 Å². The Bertz CT molecular complexity index is 574. The molecule has 0 atom stereocenters. The van der Waals surface area contributed by atoms with Crippen LogP contribution in [0.15, 0.2) is 36.4 Å². The van der Waals surface area contributed by atoms with E-state index in [1.807, 2.05) is 0 Å². The number of hydrogen-bond acceptors (Lipinski definition) is 0. The standard InChI is InChI=1S/C20H26/c1-3-4-16-7-10-20-14-19(12-11-18(20)13-16)17-8-5-15(2)6-9-17/h7,10-15,17H,3-6,8-9H2,1-2H3. The van der Waals surface area contributed by atoms with Gasteiger partial charge in [-0.3, -0.25) is 0 Å². The van der Waals surface area contributed by atoms with Gasteiger partial charge in [0.25, 0.3) is 0 Å². The van der Waals surface area contributed by atoms with Crippen molar-refractivity contribution in [3.8, 4) is 0 Å². The zero-order valence-corrected chi connectivity index (χ0v) is 12.9. The number of benzene rings is 2. The average Bonchev–Trinajstić information content (AvgIpc) is 2.48. The van der Waals surface area contributed by atoms with Crippen LogP contribution in [0, 0.1) is 5.92 Å². The van der Waals surface area contributed by atoms with Crippen LogP contribution in [0.3, 0.4) is 0 Å². The highest BCUT2D eigenvalue weighted by molar-refractivity contribution is 5.84. The molecule has 1 fully saturated rings. The molecule has 0 spiro atoms. The third kappa shape index (κ3) is 2.90. The quantitative estimate of drug-likeness (QED) is 0.631. The van der Waals surface area contributed by atoms with Gasteiger partial charge in [0, 0.05) is 0 Å². The largest absolute Gasteiger partial charge is 0.0651 e. The maximum Gasteiger partial charge on any atom is -0.0162 e. The molecule has 1 saturated carbocycles. The summed E-state index contributed by atoms with van der Waals surface area (Å²) in [4.78, 5) is 0. The second-order valence-electron chi connectivity index (χ2n) is 6.65. The normalized spacial score (nSPS) is 23.1. The van der Waals surface area contributed by atoms with Crippen molar-refractivity contribution >= 4 is 10.8 Å². The van der Waals surface area contributed by atoms with Crippen molar-refractivity contribution in [2.75, 3.05) is 0 Å². The van der Waals surface area contributed by atoms with Crippen LogP contribution >= 0.6 is 0 Å². The molecule has 2 aromatic rings. The van der Waals surface area contributed by atoms with Gasteiger partial charge in [0.15, 0.2) is 0 Å². The summed E-state index contributed by atoms with van der Waals surface area (Å²) in [6.45, 7) is 4.64. The Labute approximate surface area is 123 Å². The van der Waals surface area contributed by atoms with Crippen LogP contribution in [0.1, 0.15) is 63.0 Å². The Morgan fingerprint density at radius 1 is 0.900 bits per heavy atom. The second-order valence-corrected chi connectivity index (χ2v) is 6.65. The Balaban J connectivity index is 1.85. The summed E-state index contributed by atoms with van der Waals surface area (Å²) in [5.74, 6) is 1.73.